The Morgan fingerprint density at radius 2 is 2.17 bits per heavy atom. The van der Waals surface area contributed by atoms with Gasteiger partial charge in [0.05, 0.1) is 6.54 Å². The zero-order valence-corrected chi connectivity index (χ0v) is 4.28. The molecule has 0 fully saturated rings. The second-order valence-corrected chi connectivity index (χ2v) is 1.17. The molecular weight excluding hydrogens is 74.1 g/mol. The molecule has 0 aromatic heterocycles. The highest BCUT2D eigenvalue weighted by molar-refractivity contribution is 4.77. The van der Waals surface area contributed by atoms with E-state index in [1.54, 1.807) is 0 Å². The summed E-state index contributed by atoms with van der Waals surface area (Å²) in [5.74, 6) is 0. The standard InChI is InChI=1S/C5H11N/c1-2-3-4-5-6/h3-4H,2,5-6H2,1H3/p+1. The molecule has 0 aromatic carbocycles. The van der Waals surface area contributed by atoms with Gasteiger partial charge in [-0.2, -0.15) is 0 Å². The van der Waals surface area contributed by atoms with E-state index in [1.165, 1.54) is 0 Å². The van der Waals surface area contributed by atoms with Gasteiger partial charge in [-0.1, -0.05) is 13.0 Å². The summed E-state index contributed by atoms with van der Waals surface area (Å²) in [4.78, 5) is 0. The van der Waals surface area contributed by atoms with Gasteiger partial charge in [-0.3, -0.25) is 0 Å². The average Bonchev–Trinajstić information content (AvgIpc) is 1.61. The van der Waals surface area contributed by atoms with Crippen molar-refractivity contribution < 1.29 is 5.73 Å². The van der Waals surface area contributed by atoms with Gasteiger partial charge in [0, 0.05) is 0 Å². The van der Waals surface area contributed by atoms with Crippen molar-refractivity contribution in [3.63, 3.8) is 0 Å². The summed E-state index contributed by atoms with van der Waals surface area (Å²) >= 11 is 0. The molecule has 0 rings (SSSR count). The van der Waals surface area contributed by atoms with Crippen molar-refractivity contribution in [2.24, 2.45) is 0 Å². The zero-order valence-electron chi connectivity index (χ0n) is 4.28. The monoisotopic (exact) mass is 86.1 g/mol. The molecule has 1 nitrogen and oxygen atoms in total. The molecule has 0 saturated heterocycles. The topological polar surface area (TPSA) is 27.6 Å². The van der Waals surface area contributed by atoms with Crippen LogP contribution in [0.5, 0.6) is 0 Å². The molecule has 0 amide bonds. The number of rotatable bonds is 2. The number of allylic oxidation sites excluding steroid dienone is 1. The maximum absolute atomic E-state index is 3.64. The summed E-state index contributed by atoms with van der Waals surface area (Å²) in [7, 11) is 0. The predicted octanol–water partition coefficient (Wildman–Crippen LogP) is 0.195. The third kappa shape index (κ3) is 3.70. The summed E-state index contributed by atoms with van der Waals surface area (Å²) in [6.45, 7) is 3.04. The minimum Gasteiger partial charge on any atom is -0.354 e. The highest BCUT2D eigenvalue weighted by Crippen LogP contribution is 1.73. The Kier molecular flexibility index (Phi) is 4.46. The van der Waals surface area contributed by atoms with Crippen molar-refractivity contribution in [1.82, 2.24) is 0 Å². The van der Waals surface area contributed by atoms with Crippen LogP contribution >= 0.6 is 0 Å². The fourth-order valence-corrected chi connectivity index (χ4v) is 0.285. The van der Waals surface area contributed by atoms with Crippen molar-refractivity contribution in [2.75, 3.05) is 6.54 Å². The molecule has 3 N–H and O–H groups in total. The first kappa shape index (κ1) is 5.70. The SMILES string of the molecule is CCC=CC[NH3+]. The van der Waals surface area contributed by atoms with E-state index in [-0.39, 0.29) is 0 Å². The molecule has 0 heterocycles. The predicted molar refractivity (Wildman–Crippen MR) is 27.2 cm³/mol. The Bertz CT molecular complexity index is 33.2. The van der Waals surface area contributed by atoms with Crippen LogP contribution in [-0.4, -0.2) is 6.54 Å². The van der Waals surface area contributed by atoms with Gasteiger partial charge in [0.1, 0.15) is 0 Å². The maximum atomic E-state index is 3.64. The molecule has 0 aliphatic carbocycles. The van der Waals surface area contributed by atoms with E-state index in [0.29, 0.717) is 0 Å². The van der Waals surface area contributed by atoms with Gasteiger partial charge in [0.25, 0.3) is 0 Å². The second kappa shape index (κ2) is 4.70. The highest BCUT2D eigenvalue weighted by Gasteiger charge is 1.62. The van der Waals surface area contributed by atoms with Crippen LogP contribution in [0, 0.1) is 0 Å². The van der Waals surface area contributed by atoms with Crippen LogP contribution in [0.25, 0.3) is 0 Å². The molecule has 1 heteroatoms. The van der Waals surface area contributed by atoms with Crippen LogP contribution in [0.2, 0.25) is 0 Å². The normalized spacial score (nSPS) is 10.3. The lowest BCUT2D eigenvalue weighted by atomic mass is 10.4. The molecule has 0 atom stereocenters. The van der Waals surface area contributed by atoms with E-state index in [2.05, 4.69) is 24.8 Å². The van der Waals surface area contributed by atoms with Crippen molar-refractivity contribution in [2.45, 2.75) is 13.3 Å². The fraction of sp³-hybridized carbons (Fsp3) is 0.600. The van der Waals surface area contributed by atoms with Gasteiger partial charge in [-0.05, 0) is 12.5 Å². The van der Waals surface area contributed by atoms with Gasteiger partial charge >= 0.3 is 0 Å². The van der Waals surface area contributed by atoms with Crippen molar-refractivity contribution in [1.29, 1.82) is 0 Å². The first-order valence-electron chi connectivity index (χ1n) is 2.36. The van der Waals surface area contributed by atoms with Gasteiger partial charge < -0.3 is 5.73 Å². The molecule has 0 spiro atoms. The lowest BCUT2D eigenvalue weighted by Gasteiger charge is -1.71. The van der Waals surface area contributed by atoms with E-state index in [1.807, 2.05) is 0 Å². The molecule has 0 aliphatic heterocycles. The third-order valence-electron chi connectivity index (χ3n) is 0.569. The Labute approximate surface area is 38.8 Å². The molecule has 0 saturated carbocycles. The summed E-state index contributed by atoms with van der Waals surface area (Å²) in [5.41, 5.74) is 3.64. The van der Waals surface area contributed by atoms with Crippen LogP contribution in [0.3, 0.4) is 0 Å². The Morgan fingerprint density at radius 3 is 2.33 bits per heavy atom. The molecule has 0 bridgehead atoms. The number of quaternary nitrogens is 1. The molecular formula is C5H12N+. The van der Waals surface area contributed by atoms with Crippen LogP contribution < -0.4 is 5.73 Å². The summed E-state index contributed by atoms with van der Waals surface area (Å²) in [6, 6.07) is 0. The smallest absolute Gasteiger partial charge is 0.0926 e. The van der Waals surface area contributed by atoms with E-state index in [9.17, 15) is 0 Å². The van der Waals surface area contributed by atoms with Crippen molar-refractivity contribution in [3.05, 3.63) is 12.2 Å². The van der Waals surface area contributed by atoms with E-state index in [0.717, 1.165) is 13.0 Å². The van der Waals surface area contributed by atoms with Gasteiger partial charge in [0.15, 0.2) is 0 Å². The molecule has 0 radical (unpaired) electrons. The molecule has 0 unspecified atom stereocenters. The third-order valence-corrected chi connectivity index (χ3v) is 0.569. The van der Waals surface area contributed by atoms with Crippen LogP contribution in [0.1, 0.15) is 13.3 Å². The van der Waals surface area contributed by atoms with Crippen LogP contribution in [0.4, 0.5) is 0 Å². The van der Waals surface area contributed by atoms with Crippen LogP contribution in [0.15, 0.2) is 12.2 Å². The lowest BCUT2D eigenvalue weighted by Crippen LogP contribution is -2.49. The maximum Gasteiger partial charge on any atom is 0.0926 e. The van der Waals surface area contributed by atoms with E-state index < -0.39 is 0 Å². The first-order chi connectivity index (χ1) is 2.91. The summed E-state index contributed by atoms with van der Waals surface area (Å²) in [6.07, 6.45) is 5.32. The molecule has 0 aliphatic rings. The first-order valence-corrected chi connectivity index (χ1v) is 2.36. The largest absolute Gasteiger partial charge is 0.354 e. The Balaban J connectivity index is 2.73. The molecule has 36 valence electrons. The zero-order chi connectivity index (χ0) is 4.83. The minimum atomic E-state index is 0.924. The second-order valence-electron chi connectivity index (χ2n) is 1.17. The summed E-state index contributed by atoms with van der Waals surface area (Å²) in [5, 5.41) is 0. The quantitative estimate of drug-likeness (QED) is 0.465. The van der Waals surface area contributed by atoms with Crippen molar-refractivity contribution in [3.8, 4) is 0 Å². The highest BCUT2D eigenvalue weighted by atomic mass is 14.5. The molecule has 0 aromatic rings. The molecule has 6 heavy (non-hydrogen) atoms. The van der Waals surface area contributed by atoms with Gasteiger partial charge in [-0.25, -0.2) is 0 Å². The van der Waals surface area contributed by atoms with Crippen molar-refractivity contribution >= 4 is 0 Å². The van der Waals surface area contributed by atoms with Gasteiger partial charge in [-0.15, -0.1) is 0 Å². The lowest BCUT2D eigenvalue weighted by molar-refractivity contribution is -0.352. The fourth-order valence-electron chi connectivity index (χ4n) is 0.285. The van der Waals surface area contributed by atoms with E-state index in [4.69, 9.17) is 0 Å². The number of hydrogen-bond donors (Lipinski definition) is 1. The van der Waals surface area contributed by atoms with Crippen LogP contribution in [-0.2, 0) is 0 Å². The number of hydrogen-bond acceptors (Lipinski definition) is 0. The average molecular weight is 86.2 g/mol. The van der Waals surface area contributed by atoms with E-state index >= 15 is 0 Å². The Morgan fingerprint density at radius 1 is 1.50 bits per heavy atom. The van der Waals surface area contributed by atoms with Gasteiger partial charge in [0.2, 0.25) is 0 Å². The Hall–Kier alpha value is -0.300. The summed E-state index contributed by atoms with van der Waals surface area (Å²) < 4.78 is 0. The minimum absolute atomic E-state index is 0.924.